The number of fused-ring (bicyclic) bond motifs is 1. The molecular formula is C25H19NO3. The lowest BCUT2D eigenvalue weighted by Gasteiger charge is -2.11. The predicted molar refractivity (Wildman–Crippen MR) is 116 cm³/mol. The average molecular weight is 381 g/mol. The zero-order valence-electron chi connectivity index (χ0n) is 15.9. The molecule has 0 unspecified atom stereocenters. The molecule has 0 bridgehead atoms. The van der Waals surface area contributed by atoms with E-state index in [1.165, 1.54) is 6.08 Å². The van der Waals surface area contributed by atoms with Crippen molar-refractivity contribution >= 4 is 22.8 Å². The van der Waals surface area contributed by atoms with Crippen molar-refractivity contribution in [3.63, 3.8) is 0 Å². The number of aromatic amines is 1. The standard InChI is InChI=1S/C25H19NO3/c1-29-22-14-8-5-9-17(22)15-16-21(27)24-23(18-10-3-2-4-11-18)19-12-6-7-13-20(19)26-25(24)28/h2-16H,1H3,(H,26,28). The van der Waals surface area contributed by atoms with Gasteiger partial charge in [-0.15, -0.1) is 0 Å². The summed E-state index contributed by atoms with van der Waals surface area (Å²) in [5.74, 6) is 0.300. The van der Waals surface area contributed by atoms with Gasteiger partial charge in [-0.1, -0.05) is 66.7 Å². The molecule has 1 aromatic heterocycles. The third-order valence-corrected chi connectivity index (χ3v) is 4.78. The number of hydrogen-bond donors (Lipinski definition) is 1. The molecular weight excluding hydrogens is 362 g/mol. The van der Waals surface area contributed by atoms with Crippen LogP contribution in [0.2, 0.25) is 0 Å². The van der Waals surface area contributed by atoms with E-state index in [0.29, 0.717) is 16.8 Å². The molecule has 0 amide bonds. The minimum atomic E-state index is -0.405. The fourth-order valence-electron chi connectivity index (χ4n) is 3.44. The first-order valence-corrected chi connectivity index (χ1v) is 9.25. The number of aromatic nitrogens is 1. The topological polar surface area (TPSA) is 59.2 Å². The first kappa shape index (κ1) is 18.4. The van der Waals surface area contributed by atoms with Gasteiger partial charge in [0.05, 0.1) is 12.7 Å². The van der Waals surface area contributed by atoms with Crippen LogP contribution in [0.15, 0.2) is 89.7 Å². The molecule has 0 spiro atoms. The molecule has 1 N–H and O–H groups in total. The van der Waals surface area contributed by atoms with Crippen LogP contribution in [-0.2, 0) is 0 Å². The molecule has 0 radical (unpaired) electrons. The van der Waals surface area contributed by atoms with Gasteiger partial charge in [0.25, 0.3) is 5.56 Å². The number of benzene rings is 3. The number of pyridine rings is 1. The van der Waals surface area contributed by atoms with Crippen molar-refractivity contribution in [2.75, 3.05) is 7.11 Å². The van der Waals surface area contributed by atoms with Gasteiger partial charge < -0.3 is 9.72 Å². The summed E-state index contributed by atoms with van der Waals surface area (Å²) in [5.41, 5.74) is 2.64. The predicted octanol–water partition coefficient (Wildman–Crippen LogP) is 5.10. The number of allylic oxidation sites excluding steroid dienone is 1. The van der Waals surface area contributed by atoms with E-state index in [2.05, 4.69) is 4.98 Å². The Labute approximate surface area is 168 Å². The van der Waals surface area contributed by atoms with Crippen molar-refractivity contribution < 1.29 is 9.53 Å². The second-order valence-electron chi connectivity index (χ2n) is 6.56. The summed E-state index contributed by atoms with van der Waals surface area (Å²) in [6, 6.07) is 24.4. The normalized spacial score (nSPS) is 11.1. The lowest BCUT2D eigenvalue weighted by molar-refractivity contribution is 0.104. The number of nitrogens with one attached hydrogen (secondary N) is 1. The van der Waals surface area contributed by atoms with E-state index in [0.717, 1.165) is 16.5 Å². The lowest BCUT2D eigenvalue weighted by atomic mass is 9.94. The van der Waals surface area contributed by atoms with Gasteiger partial charge in [0.1, 0.15) is 5.75 Å². The second-order valence-corrected chi connectivity index (χ2v) is 6.56. The summed E-state index contributed by atoms with van der Waals surface area (Å²) in [6.45, 7) is 0. The van der Waals surface area contributed by atoms with Gasteiger partial charge in [-0.3, -0.25) is 9.59 Å². The molecule has 4 aromatic rings. The molecule has 29 heavy (non-hydrogen) atoms. The molecule has 0 aliphatic heterocycles. The number of carbonyl (C=O) groups excluding carboxylic acids is 1. The van der Waals surface area contributed by atoms with E-state index in [9.17, 15) is 9.59 Å². The first-order chi connectivity index (χ1) is 14.2. The van der Waals surface area contributed by atoms with Crippen LogP contribution in [0.4, 0.5) is 0 Å². The minimum absolute atomic E-state index is 0.126. The Balaban J connectivity index is 1.89. The molecule has 0 saturated carbocycles. The Morgan fingerprint density at radius 2 is 1.59 bits per heavy atom. The van der Waals surface area contributed by atoms with Crippen LogP contribution in [0.3, 0.4) is 0 Å². The molecule has 0 fully saturated rings. The van der Waals surface area contributed by atoms with Gasteiger partial charge in [0.15, 0.2) is 5.78 Å². The second kappa shape index (κ2) is 7.98. The number of hydrogen-bond acceptors (Lipinski definition) is 3. The fourth-order valence-corrected chi connectivity index (χ4v) is 3.44. The first-order valence-electron chi connectivity index (χ1n) is 9.25. The molecule has 142 valence electrons. The molecule has 0 saturated heterocycles. The van der Waals surface area contributed by atoms with E-state index in [-0.39, 0.29) is 11.3 Å². The maximum Gasteiger partial charge on any atom is 0.260 e. The summed E-state index contributed by atoms with van der Waals surface area (Å²) in [4.78, 5) is 28.8. The van der Waals surface area contributed by atoms with E-state index in [1.54, 1.807) is 13.2 Å². The van der Waals surface area contributed by atoms with Crippen LogP contribution < -0.4 is 10.3 Å². The number of H-pyrrole nitrogens is 1. The summed E-state index contributed by atoms with van der Waals surface area (Å²) in [7, 11) is 1.58. The van der Waals surface area contributed by atoms with Crippen LogP contribution in [0.25, 0.3) is 28.1 Å². The lowest BCUT2D eigenvalue weighted by Crippen LogP contribution is -2.18. The van der Waals surface area contributed by atoms with Crippen molar-refractivity contribution in [3.8, 4) is 16.9 Å². The highest BCUT2D eigenvalue weighted by Gasteiger charge is 2.19. The average Bonchev–Trinajstić information content (AvgIpc) is 2.77. The van der Waals surface area contributed by atoms with Crippen LogP contribution in [0.5, 0.6) is 5.75 Å². The zero-order valence-corrected chi connectivity index (χ0v) is 15.9. The van der Waals surface area contributed by atoms with Crippen LogP contribution in [0.1, 0.15) is 15.9 Å². The van der Waals surface area contributed by atoms with Crippen molar-refractivity contribution in [2.45, 2.75) is 0 Å². The number of para-hydroxylation sites is 2. The summed E-state index contributed by atoms with van der Waals surface area (Å²) >= 11 is 0. The number of ketones is 1. The van der Waals surface area contributed by atoms with Crippen molar-refractivity contribution in [2.24, 2.45) is 0 Å². The maximum atomic E-state index is 13.1. The van der Waals surface area contributed by atoms with E-state index in [4.69, 9.17) is 4.74 Å². The molecule has 4 heteroatoms. The van der Waals surface area contributed by atoms with Crippen molar-refractivity contribution in [1.29, 1.82) is 0 Å². The van der Waals surface area contributed by atoms with Crippen LogP contribution >= 0.6 is 0 Å². The maximum absolute atomic E-state index is 13.1. The number of methoxy groups -OCH3 is 1. The Hall–Kier alpha value is -3.92. The Morgan fingerprint density at radius 1 is 0.897 bits per heavy atom. The third kappa shape index (κ3) is 3.60. The van der Waals surface area contributed by atoms with Gasteiger partial charge in [-0.05, 0) is 29.8 Å². The molecule has 4 rings (SSSR count). The quantitative estimate of drug-likeness (QED) is 0.386. The van der Waals surface area contributed by atoms with Crippen LogP contribution in [-0.4, -0.2) is 17.9 Å². The third-order valence-electron chi connectivity index (χ3n) is 4.78. The Morgan fingerprint density at radius 3 is 2.38 bits per heavy atom. The molecule has 1 heterocycles. The smallest absolute Gasteiger partial charge is 0.260 e. The number of rotatable bonds is 5. The fraction of sp³-hybridized carbons (Fsp3) is 0.0400. The van der Waals surface area contributed by atoms with Gasteiger partial charge in [0, 0.05) is 22.0 Å². The van der Waals surface area contributed by atoms with Gasteiger partial charge in [-0.2, -0.15) is 0 Å². The number of ether oxygens (including phenoxy) is 1. The van der Waals surface area contributed by atoms with Gasteiger partial charge >= 0.3 is 0 Å². The minimum Gasteiger partial charge on any atom is -0.496 e. The molecule has 0 atom stereocenters. The SMILES string of the molecule is COc1ccccc1C=CC(=O)c1c(-c2ccccc2)c2ccccc2[nH]c1=O. The number of carbonyl (C=O) groups is 1. The zero-order chi connectivity index (χ0) is 20.2. The molecule has 0 aliphatic carbocycles. The molecule has 0 aliphatic rings. The summed E-state index contributed by atoms with van der Waals surface area (Å²) < 4.78 is 5.33. The summed E-state index contributed by atoms with van der Waals surface area (Å²) in [6.07, 6.45) is 3.09. The van der Waals surface area contributed by atoms with Gasteiger partial charge in [-0.25, -0.2) is 0 Å². The van der Waals surface area contributed by atoms with Crippen molar-refractivity contribution in [1.82, 2.24) is 4.98 Å². The van der Waals surface area contributed by atoms with Crippen molar-refractivity contribution in [3.05, 3.63) is 106 Å². The highest BCUT2D eigenvalue weighted by atomic mass is 16.5. The van der Waals surface area contributed by atoms with E-state index in [1.807, 2.05) is 78.9 Å². The monoisotopic (exact) mass is 381 g/mol. The largest absolute Gasteiger partial charge is 0.496 e. The summed E-state index contributed by atoms with van der Waals surface area (Å²) in [5, 5.41) is 0.826. The molecule has 3 aromatic carbocycles. The highest BCUT2D eigenvalue weighted by Crippen LogP contribution is 2.30. The van der Waals surface area contributed by atoms with Crippen LogP contribution in [0, 0.1) is 0 Å². The molecule has 4 nitrogen and oxygen atoms in total. The van der Waals surface area contributed by atoms with Gasteiger partial charge in [0.2, 0.25) is 0 Å². The van der Waals surface area contributed by atoms with E-state index < -0.39 is 5.56 Å². The Kier molecular flexibility index (Phi) is 5.08. The van der Waals surface area contributed by atoms with E-state index >= 15 is 0 Å². The highest BCUT2D eigenvalue weighted by molar-refractivity contribution is 6.15. The Bertz CT molecular complexity index is 1270.